The Balaban J connectivity index is 2.02. The molecule has 2 saturated carbocycles. The van der Waals surface area contributed by atoms with E-state index in [1.54, 1.807) is 6.08 Å². The molecule has 4 aliphatic rings. The first-order valence-corrected chi connectivity index (χ1v) is 7.74. The Bertz CT molecular complexity index is 573. The molecule has 96 valence electrons. The van der Waals surface area contributed by atoms with Gasteiger partial charge in [0.05, 0.1) is 30.3 Å². The minimum Gasteiger partial charge on any atom is -0.299 e. The Hall–Kier alpha value is -1.19. The molecule has 0 amide bonds. The number of hydrogen-bond donors (Lipinski definition) is 0. The van der Waals surface area contributed by atoms with Crippen LogP contribution in [0.15, 0.2) is 12.2 Å². The average Bonchev–Trinajstić information content (AvgIpc) is 2.58. The first-order valence-electron chi connectivity index (χ1n) is 5.92. The fraction of sp³-hybridized carbons (Fsp3) is 0.667. The van der Waals surface area contributed by atoms with Gasteiger partial charge in [-0.1, -0.05) is 12.2 Å². The lowest BCUT2D eigenvalue weighted by atomic mass is 9.89. The summed E-state index contributed by atoms with van der Waals surface area (Å²) in [6, 6.07) is 2.20. The van der Waals surface area contributed by atoms with Gasteiger partial charge in [0.15, 0.2) is 0 Å². The molecule has 0 heterocycles. The number of Topliss-reactive ketones (excluding diaryl/α,β-unsaturated/α-hetero) is 1. The second-order valence-electron chi connectivity index (χ2n) is 5.32. The molecule has 0 radical (unpaired) electrons. The number of ketones is 1. The molecule has 0 spiro atoms. The molecule has 0 aromatic heterocycles. The van der Waals surface area contributed by atoms with Gasteiger partial charge in [-0.25, -0.2) is 0 Å². The summed E-state index contributed by atoms with van der Waals surface area (Å²) in [4.78, 5) is 12.2. The van der Waals surface area contributed by atoms with E-state index in [0.717, 1.165) is 6.26 Å². The largest absolute Gasteiger partial charge is 0.299 e. The van der Waals surface area contributed by atoms with E-state index in [-0.39, 0.29) is 29.5 Å². The molecule has 5 nitrogen and oxygen atoms in total. The van der Waals surface area contributed by atoms with Crippen LogP contribution in [0.25, 0.3) is 0 Å². The van der Waals surface area contributed by atoms with Gasteiger partial charge in [0, 0.05) is 5.92 Å². The minimum absolute atomic E-state index is 0.0311. The van der Waals surface area contributed by atoms with Crippen molar-refractivity contribution in [2.45, 2.75) is 12.5 Å². The van der Waals surface area contributed by atoms with Crippen LogP contribution in [-0.2, 0) is 19.1 Å². The van der Waals surface area contributed by atoms with Crippen molar-refractivity contribution in [3.8, 4) is 6.07 Å². The zero-order valence-electron chi connectivity index (χ0n) is 9.81. The van der Waals surface area contributed by atoms with Crippen molar-refractivity contribution in [1.29, 1.82) is 5.26 Å². The third kappa shape index (κ3) is 1.54. The van der Waals surface area contributed by atoms with E-state index in [1.165, 1.54) is 0 Å². The van der Waals surface area contributed by atoms with Gasteiger partial charge in [-0.15, -0.1) is 0 Å². The van der Waals surface area contributed by atoms with Crippen LogP contribution >= 0.6 is 0 Å². The van der Waals surface area contributed by atoms with Crippen molar-refractivity contribution in [1.82, 2.24) is 0 Å². The number of carbonyl (C=O) groups excluding carboxylic acids is 1. The Morgan fingerprint density at radius 3 is 2.78 bits per heavy atom. The highest BCUT2D eigenvalue weighted by atomic mass is 32.2. The van der Waals surface area contributed by atoms with E-state index >= 15 is 0 Å². The molecule has 4 bridgehead atoms. The average molecular weight is 267 g/mol. The fourth-order valence-electron chi connectivity index (χ4n) is 3.69. The molecule has 0 aliphatic heterocycles. The Morgan fingerprint density at radius 2 is 2.17 bits per heavy atom. The van der Waals surface area contributed by atoms with Crippen molar-refractivity contribution in [2.75, 3.05) is 6.26 Å². The second kappa shape index (κ2) is 3.65. The molecule has 0 aromatic carbocycles. The molecule has 0 N–H and O–H groups in total. The van der Waals surface area contributed by atoms with Crippen molar-refractivity contribution >= 4 is 15.9 Å². The van der Waals surface area contributed by atoms with Gasteiger partial charge in [-0.2, -0.15) is 13.7 Å². The Morgan fingerprint density at radius 1 is 1.44 bits per heavy atom. The van der Waals surface area contributed by atoms with Crippen LogP contribution in [0, 0.1) is 40.9 Å². The third-order valence-electron chi connectivity index (χ3n) is 4.29. The molecule has 2 fully saturated rings. The first-order chi connectivity index (χ1) is 8.42. The van der Waals surface area contributed by atoms with Crippen molar-refractivity contribution in [3.05, 3.63) is 12.2 Å². The second-order valence-corrected chi connectivity index (χ2v) is 6.92. The zero-order valence-corrected chi connectivity index (χ0v) is 10.6. The SMILES string of the molecule is CS(=O)(=O)OC1C2C=CC3CC1C(C2=O)C3C#N. The molecular weight excluding hydrogens is 254 g/mol. The number of nitriles is 1. The Kier molecular flexibility index (Phi) is 2.41. The Labute approximate surface area is 106 Å². The number of nitrogens with zero attached hydrogens (tertiary/aromatic N) is 1. The van der Waals surface area contributed by atoms with Gasteiger partial charge in [-0.05, 0) is 18.3 Å². The number of carbonyl (C=O) groups is 1. The molecule has 6 atom stereocenters. The van der Waals surface area contributed by atoms with E-state index in [0.29, 0.717) is 6.42 Å². The highest BCUT2D eigenvalue weighted by Crippen LogP contribution is 2.55. The molecule has 6 heteroatoms. The highest BCUT2D eigenvalue weighted by Gasteiger charge is 2.60. The van der Waals surface area contributed by atoms with Crippen LogP contribution in [0.4, 0.5) is 0 Å². The standard InChI is InChI=1S/C12H13NO4S/c1-18(15,16)17-12-7-3-2-6-4-8(12)10(11(7)14)9(6)5-13/h2-3,6-10,12H,4H2,1H3. The van der Waals surface area contributed by atoms with Crippen LogP contribution in [0.2, 0.25) is 0 Å². The lowest BCUT2D eigenvalue weighted by Gasteiger charge is -2.18. The van der Waals surface area contributed by atoms with Crippen LogP contribution in [0.3, 0.4) is 0 Å². The predicted molar refractivity (Wildman–Crippen MR) is 61.5 cm³/mol. The molecule has 18 heavy (non-hydrogen) atoms. The first kappa shape index (κ1) is 11.9. The summed E-state index contributed by atoms with van der Waals surface area (Å²) in [5.74, 6) is -1.29. The van der Waals surface area contributed by atoms with Gasteiger partial charge in [0.25, 0.3) is 10.1 Å². The summed E-state index contributed by atoms with van der Waals surface area (Å²) in [6.45, 7) is 0. The molecule has 4 aliphatic carbocycles. The fourth-order valence-corrected chi connectivity index (χ4v) is 4.36. The topological polar surface area (TPSA) is 84.2 Å². The van der Waals surface area contributed by atoms with Crippen molar-refractivity contribution < 1.29 is 17.4 Å². The van der Waals surface area contributed by atoms with Gasteiger partial charge >= 0.3 is 0 Å². The van der Waals surface area contributed by atoms with Crippen LogP contribution in [-0.4, -0.2) is 26.6 Å². The number of hydrogen-bond acceptors (Lipinski definition) is 5. The van der Waals surface area contributed by atoms with E-state index < -0.39 is 22.1 Å². The number of allylic oxidation sites excluding steroid dienone is 1. The van der Waals surface area contributed by atoms with E-state index in [9.17, 15) is 18.5 Å². The summed E-state index contributed by atoms with van der Waals surface area (Å²) in [6.07, 6.45) is 4.68. The molecular formula is C12H13NO4S. The zero-order chi connectivity index (χ0) is 13.1. The summed E-state index contributed by atoms with van der Waals surface area (Å²) in [5, 5.41) is 9.17. The normalized spacial score (nSPS) is 45.2. The van der Waals surface area contributed by atoms with Gasteiger partial charge in [0.1, 0.15) is 5.78 Å². The maximum Gasteiger partial charge on any atom is 0.264 e. The quantitative estimate of drug-likeness (QED) is 0.537. The van der Waals surface area contributed by atoms with Crippen molar-refractivity contribution in [3.63, 3.8) is 0 Å². The number of rotatable bonds is 2. The maximum atomic E-state index is 12.2. The van der Waals surface area contributed by atoms with Crippen LogP contribution in [0.1, 0.15) is 6.42 Å². The van der Waals surface area contributed by atoms with E-state index in [2.05, 4.69) is 6.07 Å². The molecule has 4 rings (SSSR count). The summed E-state index contributed by atoms with van der Waals surface area (Å²) in [7, 11) is -3.59. The lowest BCUT2D eigenvalue weighted by Crippen LogP contribution is -2.27. The minimum atomic E-state index is -3.59. The third-order valence-corrected chi connectivity index (χ3v) is 4.86. The highest BCUT2D eigenvalue weighted by molar-refractivity contribution is 7.86. The maximum absolute atomic E-state index is 12.2. The van der Waals surface area contributed by atoms with Crippen molar-refractivity contribution in [2.24, 2.45) is 29.6 Å². The predicted octanol–water partition coefficient (Wildman–Crippen LogP) is 0.492. The van der Waals surface area contributed by atoms with E-state index in [1.807, 2.05) is 6.08 Å². The smallest absolute Gasteiger partial charge is 0.264 e. The monoisotopic (exact) mass is 267 g/mol. The summed E-state index contributed by atoms with van der Waals surface area (Å²) < 4.78 is 27.7. The van der Waals surface area contributed by atoms with Crippen LogP contribution in [0.5, 0.6) is 0 Å². The summed E-state index contributed by atoms with van der Waals surface area (Å²) >= 11 is 0. The molecule has 0 saturated heterocycles. The lowest BCUT2D eigenvalue weighted by molar-refractivity contribution is -0.123. The molecule has 0 aromatic rings. The van der Waals surface area contributed by atoms with Gasteiger partial charge in [0.2, 0.25) is 0 Å². The summed E-state index contributed by atoms with van der Waals surface area (Å²) in [5.41, 5.74) is 0. The van der Waals surface area contributed by atoms with Crippen LogP contribution < -0.4 is 0 Å². The van der Waals surface area contributed by atoms with Gasteiger partial charge in [-0.3, -0.25) is 8.98 Å². The van der Waals surface area contributed by atoms with Gasteiger partial charge < -0.3 is 0 Å². The molecule has 6 unspecified atom stereocenters. The van der Waals surface area contributed by atoms with E-state index in [4.69, 9.17) is 4.18 Å².